The van der Waals surface area contributed by atoms with E-state index in [1.165, 1.54) is 0 Å². The Balaban J connectivity index is 2.33. The molecule has 4 heteroatoms. The Labute approximate surface area is 51.3 Å². The Bertz CT molecular complexity index is 60.0. The summed E-state index contributed by atoms with van der Waals surface area (Å²) in [5.74, 6) is 0. The zero-order valence-corrected chi connectivity index (χ0v) is 4.95. The largest absolute Gasteiger partial charge is 0.332 e. The van der Waals surface area contributed by atoms with Crippen molar-refractivity contribution in [2.45, 2.75) is 11.1 Å². The first-order valence-electron chi connectivity index (χ1n) is 1.82. The standard InChI is InChI=1S/C3H4Cl2O2/c4-2-3(5)7-1-6-2/h2-3H,1H2. The van der Waals surface area contributed by atoms with Crippen molar-refractivity contribution >= 4 is 23.2 Å². The number of rotatable bonds is 0. The Morgan fingerprint density at radius 2 is 1.57 bits per heavy atom. The molecule has 0 aliphatic carbocycles. The second kappa shape index (κ2) is 2.18. The lowest BCUT2D eigenvalue weighted by molar-refractivity contribution is 0.0581. The van der Waals surface area contributed by atoms with E-state index in [2.05, 4.69) is 9.47 Å². The minimum absolute atomic E-state index is 0.211. The summed E-state index contributed by atoms with van der Waals surface area (Å²) < 4.78 is 9.35. The Kier molecular flexibility index (Phi) is 1.75. The fraction of sp³-hybridized carbons (Fsp3) is 1.00. The van der Waals surface area contributed by atoms with Crippen molar-refractivity contribution in [1.29, 1.82) is 0 Å². The third-order valence-electron chi connectivity index (χ3n) is 0.661. The zero-order valence-electron chi connectivity index (χ0n) is 3.43. The predicted octanol–water partition coefficient (Wildman–Crippen LogP) is 1.12. The van der Waals surface area contributed by atoms with Crippen molar-refractivity contribution in [2.24, 2.45) is 0 Å². The average Bonchev–Trinajstić information content (AvgIpc) is 1.91. The number of halogens is 2. The molecule has 2 atom stereocenters. The number of alkyl halides is 2. The lowest BCUT2D eigenvalue weighted by atomic mass is 10.8. The zero-order chi connectivity index (χ0) is 5.28. The molecule has 0 aromatic heterocycles. The van der Waals surface area contributed by atoms with Gasteiger partial charge in [-0.05, 0) is 0 Å². The highest BCUT2D eigenvalue weighted by Crippen LogP contribution is 2.18. The fourth-order valence-electron chi connectivity index (χ4n) is 0.321. The summed E-state index contributed by atoms with van der Waals surface area (Å²) in [5.41, 5.74) is -0.941. The van der Waals surface area contributed by atoms with Gasteiger partial charge >= 0.3 is 0 Å². The molecule has 2 nitrogen and oxygen atoms in total. The smallest absolute Gasteiger partial charge is 0.173 e. The highest BCUT2D eigenvalue weighted by molar-refractivity contribution is 6.28. The van der Waals surface area contributed by atoms with Crippen molar-refractivity contribution in [2.75, 3.05) is 6.79 Å². The van der Waals surface area contributed by atoms with Crippen LogP contribution in [0.25, 0.3) is 0 Å². The average molecular weight is 143 g/mol. The van der Waals surface area contributed by atoms with Gasteiger partial charge < -0.3 is 9.47 Å². The molecule has 0 saturated carbocycles. The molecule has 0 aromatic rings. The van der Waals surface area contributed by atoms with E-state index in [-0.39, 0.29) is 6.79 Å². The van der Waals surface area contributed by atoms with Crippen LogP contribution in [0.15, 0.2) is 0 Å². The molecule has 1 fully saturated rings. The maximum atomic E-state index is 5.38. The van der Waals surface area contributed by atoms with Gasteiger partial charge in [0.05, 0.1) is 0 Å². The van der Waals surface area contributed by atoms with Crippen LogP contribution in [-0.4, -0.2) is 17.9 Å². The second-order valence-electron chi connectivity index (χ2n) is 1.15. The van der Waals surface area contributed by atoms with Crippen molar-refractivity contribution in [3.05, 3.63) is 0 Å². The highest BCUT2D eigenvalue weighted by Gasteiger charge is 2.23. The summed E-state index contributed by atoms with van der Waals surface area (Å²) in [5, 5.41) is 0. The molecular weight excluding hydrogens is 139 g/mol. The maximum Gasteiger partial charge on any atom is 0.173 e. The SMILES string of the molecule is ClC1OCOC1Cl. The van der Waals surface area contributed by atoms with Gasteiger partial charge in [-0.2, -0.15) is 0 Å². The Morgan fingerprint density at radius 3 is 1.71 bits per heavy atom. The van der Waals surface area contributed by atoms with E-state index < -0.39 is 11.1 Å². The van der Waals surface area contributed by atoms with E-state index in [1.807, 2.05) is 0 Å². The molecule has 1 saturated heterocycles. The molecule has 42 valence electrons. The van der Waals surface area contributed by atoms with Crippen LogP contribution in [0, 0.1) is 0 Å². The summed E-state index contributed by atoms with van der Waals surface area (Å²) in [6.07, 6.45) is 0. The van der Waals surface area contributed by atoms with Crippen molar-refractivity contribution in [3.63, 3.8) is 0 Å². The van der Waals surface area contributed by atoms with Gasteiger partial charge in [0.15, 0.2) is 17.9 Å². The van der Waals surface area contributed by atoms with Gasteiger partial charge in [-0.3, -0.25) is 0 Å². The Morgan fingerprint density at radius 1 is 1.14 bits per heavy atom. The van der Waals surface area contributed by atoms with Gasteiger partial charge in [-0.1, -0.05) is 23.2 Å². The van der Waals surface area contributed by atoms with Crippen molar-refractivity contribution in [3.8, 4) is 0 Å². The maximum absolute atomic E-state index is 5.38. The first-order chi connectivity index (χ1) is 3.30. The van der Waals surface area contributed by atoms with Crippen LogP contribution in [0.5, 0.6) is 0 Å². The van der Waals surface area contributed by atoms with Crippen LogP contribution in [-0.2, 0) is 9.47 Å². The normalized spacial score (nSPS) is 42.0. The molecule has 0 bridgehead atoms. The van der Waals surface area contributed by atoms with Crippen LogP contribution in [0.3, 0.4) is 0 Å². The molecule has 1 heterocycles. The van der Waals surface area contributed by atoms with E-state index in [0.717, 1.165) is 0 Å². The molecule has 0 amide bonds. The molecule has 0 aromatic carbocycles. The molecule has 7 heavy (non-hydrogen) atoms. The molecular formula is C3H4Cl2O2. The molecule has 1 rings (SSSR count). The minimum Gasteiger partial charge on any atom is -0.332 e. The van der Waals surface area contributed by atoms with Crippen molar-refractivity contribution < 1.29 is 9.47 Å². The lowest BCUT2D eigenvalue weighted by Crippen LogP contribution is -2.07. The molecule has 0 spiro atoms. The van der Waals surface area contributed by atoms with Gasteiger partial charge in [0.1, 0.15) is 0 Å². The van der Waals surface area contributed by atoms with Crippen LogP contribution in [0.4, 0.5) is 0 Å². The van der Waals surface area contributed by atoms with Gasteiger partial charge in [-0.25, -0.2) is 0 Å². The fourth-order valence-corrected chi connectivity index (χ4v) is 0.569. The number of ether oxygens (including phenoxy) is 2. The predicted molar refractivity (Wildman–Crippen MR) is 26.3 cm³/mol. The highest BCUT2D eigenvalue weighted by atomic mass is 35.5. The van der Waals surface area contributed by atoms with E-state index in [1.54, 1.807) is 0 Å². The van der Waals surface area contributed by atoms with E-state index in [4.69, 9.17) is 23.2 Å². The first kappa shape index (κ1) is 5.63. The van der Waals surface area contributed by atoms with Gasteiger partial charge in [0.25, 0.3) is 0 Å². The number of hydrogen-bond acceptors (Lipinski definition) is 2. The summed E-state index contributed by atoms with van der Waals surface area (Å²) in [6, 6.07) is 0. The van der Waals surface area contributed by atoms with Crippen LogP contribution in [0.2, 0.25) is 0 Å². The molecule has 1 aliphatic rings. The summed E-state index contributed by atoms with van der Waals surface area (Å²) >= 11 is 10.8. The van der Waals surface area contributed by atoms with E-state index in [9.17, 15) is 0 Å². The van der Waals surface area contributed by atoms with Crippen LogP contribution < -0.4 is 0 Å². The summed E-state index contributed by atoms with van der Waals surface area (Å²) in [6.45, 7) is 0.211. The summed E-state index contributed by atoms with van der Waals surface area (Å²) in [7, 11) is 0. The van der Waals surface area contributed by atoms with Gasteiger partial charge in [0, 0.05) is 0 Å². The molecule has 0 N–H and O–H groups in total. The number of hydrogen-bond donors (Lipinski definition) is 0. The minimum atomic E-state index is -0.471. The molecule has 1 aliphatic heterocycles. The van der Waals surface area contributed by atoms with E-state index in [0.29, 0.717) is 0 Å². The van der Waals surface area contributed by atoms with Gasteiger partial charge in [-0.15, -0.1) is 0 Å². The van der Waals surface area contributed by atoms with Gasteiger partial charge in [0.2, 0.25) is 0 Å². The first-order valence-corrected chi connectivity index (χ1v) is 2.69. The van der Waals surface area contributed by atoms with E-state index >= 15 is 0 Å². The third kappa shape index (κ3) is 1.19. The molecule has 2 unspecified atom stereocenters. The second-order valence-corrected chi connectivity index (χ2v) is 2.01. The quantitative estimate of drug-likeness (QED) is 0.473. The lowest BCUT2D eigenvalue weighted by Gasteiger charge is -1.97. The van der Waals surface area contributed by atoms with Crippen LogP contribution in [0.1, 0.15) is 0 Å². The topological polar surface area (TPSA) is 18.5 Å². The summed E-state index contributed by atoms with van der Waals surface area (Å²) in [4.78, 5) is 0. The van der Waals surface area contributed by atoms with Crippen LogP contribution >= 0.6 is 23.2 Å². The monoisotopic (exact) mass is 142 g/mol. The van der Waals surface area contributed by atoms with Crippen molar-refractivity contribution in [1.82, 2.24) is 0 Å². The molecule has 0 radical (unpaired) electrons. The Hall–Kier alpha value is 0.500. The third-order valence-corrected chi connectivity index (χ3v) is 1.50.